The molecule has 1 aliphatic carbocycles. The summed E-state index contributed by atoms with van der Waals surface area (Å²) in [4.78, 5) is 8.31. The minimum Gasteiger partial charge on any atom is -0.474 e. The van der Waals surface area contributed by atoms with Crippen molar-refractivity contribution in [3.8, 4) is 5.88 Å². The Kier molecular flexibility index (Phi) is 4.14. The molecule has 1 heterocycles. The van der Waals surface area contributed by atoms with E-state index in [0.29, 0.717) is 17.9 Å². The van der Waals surface area contributed by atoms with Crippen molar-refractivity contribution in [2.45, 2.75) is 37.9 Å². The highest BCUT2D eigenvalue weighted by molar-refractivity contribution is 5.26. The zero-order chi connectivity index (χ0) is 12.1. The Balaban J connectivity index is 1.95. The van der Waals surface area contributed by atoms with Crippen molar-refractivity contribution >= 4 is 5.95 Å². The molecule has 0 aliphatic heterocycles. The van der Waals surface area contributed by atoms with Crippen LogP contribution in [0.3, 0.4) is 0 Å². The topological polar surface area (TPSA) is 56.3 Å². The molecule has 1 N–H and O–H groups in total. The van der Waals surface area contributed by atoms with E-state index in [9.17, 15) is 0 Å². The molecule has 1 aliphatic rings. The largest absolute Gasteiger partial charge is 0.474 e. The van der Waals surface area contributed by atoms with E-state index >= 15 is 0 Å². The van der Waals surface area contributed by atoms with Gasteiger partial charge in [-0.05, 0) is 19.3 Å². The van der Waals surface area contributed by atoms with E-state index in [0.717, 1.165) is 25.7 Å². The summed E-state index contributed by atoms with van der Waals surface area (Å²) in [5.41, 5.74) is 0. The summed E-state index contributed by atoms with van der Waals surface area (Å²) in [5.74, 6) is 1.22. The third-order valence-corrected chi connectivity index (χ3v) is 3.05. The number of nitrogens with one attached hydrogen (secondary N) is 1. The van der Waals surface area contributed by atoms with Gasteiger partial charge in [0.1, 0.15) is 6.10 Å². The minimum atomic E-state index is 0.202. The first-order chi connectivity index (χ1) is 8.31. The van der Waals surface area contributed by atoms with E-state index in [1.54, 1.807) is 26.4 Å². The molecule has 1 fully saturated rings. The number of nitrogens with zero attached hydrogens (tertiary/aromatic N) is 2. The van der Waals surface area contributed by atoms with Crippen LogP contribution in [0.4, 0.5) is 5.95 Å². The van der Waals surface area contributed by atoms with Gasteiger partial charge in [-0.1, -0.05) is 0 Å². The first-order valence-electron chi connectivity index (χ1n) is 6.02. The Morgan fingerprint density at radius 3 is 2.94 bits per heavy atom. The number of hydrogen-bond donors (Lipinski definition) is 1. The lowest BCUT2D eigenvalue weighted by Crippen LogP contribution is -2.29. The van der Waals surface area contributed by atoms with E-state index in [1.165, 1.54) is 0 Å². The molecule has 5 heteroatoms. The lowest BCUT2D eigenvalue weighted by molar-refractivity contribution is 0.0195. The number of aromatic nitrogens is 2. The molecule has 5 nitrogen and oxygen atoms in total. The van der Waals surface area contributed by atoms with E-state index in [1.807, 2.05) is 0 Å². The van der Waals surface area contributed by atoms with Crippen molar-refractivity contribution in [3.05, 3.63) is 12.3 Å². The number of rotatable bonds is 4. The molecular weight excluding hydrogens is 218 g/mol. The van der Waals surface area contributed by atoms with E-state index in [-0.39, 0.29) is 6.10 Å². The fourth-order valence-corrected chi connectivity index (χ4v) is 2.12. The zero-order valence-electron chi connectivity index (χ0n) is 10.3. The van der Waals surface area contributed by atoms with Gasteiger partial charge in [-0.25, -0.2) is 4.98 Å². The second kappa shape index (κ2) is 5.82. The van der Waals surface area contributed by atoms with Gasteiger partial charge in [-0.3, -0.25) is 0 Å². The van der Waals surface area contributed by atoms with Crippen LogP contribution in [0.2, 0.25) is 0 Å². The average molecular weight is 237 g/mol. The molecular formula is C12H19N3O2. The normalized spacial score (nSPS) is 24.4. The first kappa shape index (κ1) is 12.1. The lowest BCUT2D eigenvalue weighted by atomic mass is 9.95. The summed E-state index contributed by atoms with van der Waals surface area (Å²) in [6, 6.07) is 1.79. The van der Waals surface area contributed by atoms with E-state index < -0.39 is 0 Å². The summed E-state index contributed by atoms with van der Waals surface area (Å²) >= 11 is 0. The Labute approximate surface area is 102 Å². The number of methoxy groups -OCH3 is 1. The molecule has 0 aromatic carbocycles. The van der Waals surface area contributed by atoms with Gasteiger partial charge in [-0.2, -0.15) is 4.98 Å². The van der Waals surface area contributed by atoms with Gasteiger partial charge in [0.25, 0.3) is 0 Å². The second-order valence-electron chi connectivity index (χ2n) is 4.23. The van der Waals surface area contributed by atoms with Gasteiger partial charge in [-0.15, -0.1) is 0 Å². The molecule has 0 spiro atoms. The molecule has 1 aromatic rings. The average Bonchev–Trinajstić information content (AvgIpc) is 2.39. The van der Waals surface area contributed by atoms with Gasteiger partial charge in [0.15, 0.2) is 0 Å². The van der Waals surface area contributed by atoms with Gasteiger partial charge in [0.05, 0.1) is 6.10 Å². The van der Waals surface area contributed by atoms with Crippen molar-refractivity contribution in [3.63, 3.8) is 0 Å². The highest BCUT2D eigenvalue weighted by Gasteiger charge is 2.23. The number of ether oxygens (including phenoxy) is 2. The van der Waals surface area contributed by atoms with Crippen LogP contribution >= 0.6 is 0 Å². The van der Waals surface area contributed by atoms with E-state index in [4.69, 9.17) is 9.47 Å². The fourth-order valence-electron chi connectivity index (χ4n) is 2.12. The predicted molar refractivity (Wildman–Crippen MR) is 65.3 cm³/mol. The molecule has 0 bridgehead atoms. The van der Waals surface area contributed by atoms with Gasteiger partial charge < -0.3 is 14.8 Å². The van der Waals surface area contributed by atoms with Crippen molar-refractivity contribution in [1.82, 2.24) is 9.97 Å². The minimum absolute atomic E-state index is 0.202. The summed E-state index contributed by atoms with van der Waals surface area (Å²) in [5, 5.41) is 2.90. The summed E-state index contributed by atoms with van der Waals surface area (Å²) < 4.78 is 11.2. The molecule has 1 saturated carbocycles. The third kappa shape index (κ3) is 3.30. The Morgan fingerprint density at radius 2 is 2.18 bits per heavy atom. The van der Waals surface area contributed by atoms with Crippen LogP contribution in [0.15, 0.2) is 12.3 Å². The van der Waals surface area contributed by atoms with Crippen molar-refractivity contribution in [1.29, 1.82) is 0 Å². The Bertz CT molecular complexity index is 359. The highest BCUT2D eigenvalue weighted by atomic mass is 16.5. The number of hydrogen-bond acceptors (Lipinski definition) is 5. The summed E-state index contributed by atoms with van der Waals surface area (Å²) in [7, 11) is 3.55. The smallest absolute Gasteiger partial charge is 0.225 e. The van der Waals surface area contributed by atoms with Crippen molar-refractivity contribution < 1.29 is 9.47 Å². The molecule has 2 unspecified atom stereocenters. The van der Waals surface area contributed by atoms with Gasteiger partial charge in [0, 0.05) is 32.8 Å². The molecule has 94 valence electrons. The van der Waals surface area contributed by atoms with Gasteiger partial charge in [0.2, 0.25) is 11.8 Å². The molecule has 2 atom stereocenters. The fraction of sp³-hybridized carbons (Fsp3) is 0.667. The molecule has 17 heavy (non-hydrogen) atoms. The molecule has 0 radical (unpaired) electrons. The second-order valence-corrected chi connectivity index (χ2v) is 4.23. The van der Waals surface area contributed by atoms with E-state index in [2.05, 4.69) is 15.3 Å². The highest BCUT2D eigenvalue weighted by Crippen LogP contribution is 2.24. The van der Waals surface area contributed by atoms with Crippen molar-refractivity contribution in [2.75, 3.05) is 19.5 Å². The summed E-state index contributed by atoms with van der Waals surface area (Å²) in [6.45, 7) is 0. The van der Waals surface area contributed by atoms with Crippen molar-refractivity contribution in [2.24, 2.45) is 0 Å². The predicted octanol–water partition coefficient (Wildman–Crippen LogP) is 1.85. The lowest BCUT2D eigenvalue weighted by Gasteiger charge is -2.28. The maximum Gasteiger partial charge on any atom is 0.225 e. The first-order valence-corrected chi connectivity index (χ1v) is 6.02. The SMILES string of the molecule is CNc1nccc(OC2CCCC(OC)C2)n1. The third-order valence-electron chi connectivity index (χ3n) is 3.05. The zero-order valence-corrected chi connectivity index (χ0v) is 10.3. The number of anilines is 1. The maximum absolute atomic E-state index is 5.86. The maximum atomic E-state index is 5.86. The van der Waals surface area contributed by atoms with Crippen LogP contribution in [0.5, 0.6) is 5.88 Å². The quantitative estimate of drug-likeness (QED) is 0.866. The Morgan fingerprint density at radius 1 is 1.35 bits per heavy atom. The summed E-state index contributed by atoms with van der Waals surface area (Å²) in [6.07, 6.45) is 6.50. The molecule has 0 amide bonds. The Hall–Kier alpha value is -1.36. The monoisotopic (exact) mass is 237 g/mol. The van der Waals surface area contributed by atoms with Crippen LogP contribution in [-0.2, 0) is 4.74 Å². The molecule has 1 aromatic heterocycles. The van der Waals surface area contributed by atoms with Crippen LogP contribution < -0.4 is 10.1 Å². The molecule has 2 rings (SSSR count). The van der Waals surface area contributed by atoms with Gasteiger partial charge >= 0.3 is 0 Å². The van der Waals surface area contributed by atoms with Crippen LogP contribution in [0, 0.1) is 0 Å². The van der Waals surface area contributed by atoms with Crippen LogP contribution in [-0.4, -0.2) is 36.3 Å². The van der Waals surface area contributed by atoms with Crippen LogP contribution in [0.1, 0.15) is 25.7 Å². The molecule has 0 saturated heterocycles. The van der Waals surface area contributed by atoms with Crippen LogP contribution in [0.25, 0.3) is 0 Å². The standard InChI is InChI=1S/C12H19N3O2/c1-13-12-14-7-6-11(15-12)17-10-5-3-4-9(8-10)16-2/h6-7,9-10H,3-5,8H2,1-2H3,(H,13,14,15).